The minimum atomic E-state index is -0.669. The highest BCUT2D eigenvalue weighted by molar-refractivity contribution is 6.43. The molecule has 1 heterocycles. The highest BCUT2D eigenvalue weighted by atomic mass is 35.5. The van der Waals surface area contributed by atoms with Gasteiger partial charge in [0.15, 0.2) is 11.0 Å². The molecule has 10 heteroatoms. The van der Waals surface area contributed by atoms with E-state index in [9.17, 15) is 14.9 Å². The maximum Gasteiger partial charge on any atom is 0.271 e. The van der Waals surface area contributed by atoms with Crippen LogP contribution in [-0.4, -0.2) is 20.8 Å². The van der Waals surface area contributed by atoms with Gasteiger partial charge in [-0.1, -0.05) is 34.8 Å². The summed E-state index contributed by atoms with van der Waals surface area (Å²) in [6, 6.07) is 3.49. The molecule has 0 bridgehead atoms. The first-order valence-corrected chi connectivity index (χ1v) is 6.44. The smallest absolute Gasteiger partial charge is 0.271 e. The van der Waals surface area contributed by atoms with Gasteiger partial charge < -0.3 is 5.32 Å². The molecule has 1 amide bonds. The standard InChI is InChI=1S/C11H5Cl3N4O3/c12-6-1-5(2-7(3-6)18(20)21)11(19)17-10-8(13)9(14)15-4-16-10/h1-4H,(H,15,16,17,19). The number of non-ortho nitro benzene ring substituents is 1. The van der Waals surface area contributed by atoms with Crippen LogP contribution in [0, 0.1) is 10.1 Å². The third-order valence-corrected chi connectivity index (χ3v) is 3.29. The lowest BCUT2D eigenvalue weighted by atomic mass is 10.2. The summed E-state index contributed by atoms with van der Waals surface area (Å²) in [5.74, 6) is -0.679. The van der Waals surface area contributed by atoms with E-state index in [0.717, 1.165) is 18.5 Å². The summed E-state index contributed by atoms with van der Waals surface area (Å²) in [6.07, 6.45) is 1.12. The molecule has 2 aromatic rings. The van der Waals surface area contributed by atoms with Gasteiger partial charge in [0.1, 0.15) is 11.3 Å². The molecule has 0 aliphatic heterocycles. The topological polar surface area (TPSA) is 98.0 Å². The summed E-state index contributed by atoms with van der Waals surface area (Å²) in [6.45, 7) is 0. The van der Waals surface area contributed by atoms with Gasteiger partial charge in [0, 0.05) is 22.7 Å². The fraction of sp³-hybridized carbons (Fsp3) is 0. The lowest BCUT2D eigenvalue weighted by Gasteiger charge is -2.06. The molecule has 21 heavy (non-hydrogen) atoms. The third kappa shape index (κ3) is 3.57. The zero-order valence-corrected chi connectivity index (χ0v) is 12.3. The van der Waals surface area contributed by atoms with Gasteiger partial charge in [0.25, 0.3) is 11.6 Å². The van der Waals surface area contributed by atoms with Gasteiger partial charge in [-0.05, 0) is 6.07 Å². The number of carbonyl (C=O) groups is 1. The fourth-order valence-corrected chi connectivity index (χ4v) is 1.93. The minimum absolute atomic E-state index is 0.00991. The van der Waals surface area contributed by atoms with Gasteiger partial charge in [-0.15, -0.1) is 0 Å². The highest BCUT2D eigenvalue weighted by Gasteiger charge is 2.16. The summed E-state index contributed by atoms with van der Waals surface area (Å²) >= 11 is 17.3. The maximum absolute atomic E-state index is 12.1. The van der Waals surface area contributed by atoms with Crippen molar-refractivity contribution in [2.24, 2.45) is 0 Å². The molecule has 1 aromatic carbocycles. The van der Waals surface area contributed by atoms with E-state index in [1.807, 2.05) is 0 Å². The fourth-order valence-electron chi connectivity index (χ4n) is 1.43. The number of nitro benzene ring substituents is 1. The number of hydrogen-bond donors (Lipinski definition) is 1. The van der Waals surface area contributed by atoms with Crippen molar-refractivity contribution in [3.05, 3.63) is 55.4 Å². The normalized spacial score (nSPS) is 10.2. The molecule has 0 aliphatic carbocycles. The van der Waals surface area contributed by atoms with Crippen LogP contribution in [0.2, 0.25) is 15.2 Å². The second kappa shape index (κ2) is 6.21. The monoisotopic (exact) mass is 346 g/mol. The molecule has 108 valence electrons. The van der Waals surface area contributed by atoms with Crippen molar-refractivity contribution in [3.63, 3.8) is 0 Å². The van der Waals surface area contributed by atoms with Gasteiger partial charge >= 0.3 is 0 Å². The van der Waals surface area contributed by atoms with Crippen molar-refractivity contribution in [2.45, 2.75) is 0 Å². The molecule has 0 spiro atoms. The summed E-state index contributed by atoms with van der Waals surface area (Å²) in [4.78, 5) is 29.5. The van der Waals surface area contributed by atoms with Crippen LogP contribution in [0.4, 0.5) is 11.5 Å². The first-order chi connectivity index (χ1) is 9.88. The van der Waals surface area contributed by atoms with Crippen LogP contribution in [-0.2, 0) is 0 Å². The van der Waals surface area contributed by atoms with Crippen LogP contribution < -0.4 is 5.32 Å². The molecule has 0 radical (unpaired) electrons. The van der Waals surface area contributed by atoms with Gasteiger partial charge in [-0.3, -0.25) is 14.9 Å². The number of rotatable bonds is 3. The van der Waals surface area contributed by atoms with Gasteiger partial charge in [-0.2, -0.15) is 0 Å². The Morgan fingerprint density at radius 3 is 2.57 bits per heavy atom. The Labute approximate surface area is 133 Å². The molecular weight excluding hydrogens is 343 g/mol. The van der Waals surface area contributed by atoms with Gasteiger partial charge in [0.05, 0.1) is 4.92 Å². The molecule has 0 aliphatic rings. The number of nitrogens with one attached hydrogen (secondary N) is 1. The molecule has 0 saturated heterocycles. The summed E-state index contributed by atoms with van der Waals surface area (Å²) in [5.41, 5.74) is -0.320. The van der Waals surface area contributed by atoms with Crippen LogP contribution in [0.25, 0.3) is 0 Å². The number of halogens is 3. The molecule has 0 saturated carbocycles. The Balaban J connectivity index is 2.32. The van der Waals surface area contributed by atoms with Crippen molar-refractivity contribution in [3.8, 4) is 0 Å². The van der Waals surface area contributed by atoms with Crippen molar-refractivity contribution in [1.82, 2.24) is 9.97 Å². The van der Waals surface area contributed by atoms with Crippen LogP contribution in [0.5, 0.6) is 0 Å². The second-order valence-electron chi connectivity index (χ2n) is 3.74. The van der Waals surface area contributed by atoms with Crippen molar-refractivity contribution in [2.75, 3.05) is 5.32 Å². The molecule has 0 unspecified atom stereocenters. The first kappa shape index (κ1) is 15.4. The third-order valence-electron chi connectivity index (χ3n) is 2.33. The average Bonchev–Trinajstić information content (AvgIpc) is 2.43. The number of aromatic nitrogens is 2. The van der Waals surface area contributed by atoms with E-state index in [2.05, 4.69) is 15.3 Å². The number of nitro groups is 1. The summed E-state index contributed by atoms with van der Waals surface area (Å²) < 4.78 is 0. The van der Waals surface area contributed by atoms with E-state index in [1.54, 1.807) is 0 Å². The minimum Gasteiger partial charge on any atom is -0.305 e. The van der Waals surface area contributed by atoms with Crippen molar-refractivity contribution >= 4 is 52.2 Å². The summed E-state index contributed by atoms with van der Waals surface area (Å²) in [7, 11) is 0. The van der Waals surface area contributed by atoms with E-state index >= 15 is 0 Å². The molecule has 2 rings (SSSR count). The predicted octanol–water partition coefficient (Wildman–Crippen LogP) is 3.60. The Morgan fingerprint density at radius 1 is 1.19 bits per heavy atom. The number of benzene rings is 1. The second-order valence-corrected chi connectivity index (χ2v) is 4.91. The predicted molar refractivity (Wildman–Crippen MR) is 78.1 cm³/mol. The number of anilines is 1. The maximum atomic E-state index is 12.1. The molecule has 0 fully saturated rings. The Bertz CT molecular complexity index is 739. The zero-order chi connectivity index (χ0) is 15.6. The lowest BCUT2D eigenvalue weighted by molar-refractivity contribution is -0.384. The van der Waals surface area contributed by atoms with E-state index in [0.29, 0.717) is 0 Å². The van der Waals surface area contributed by atoms with Crippen LogP contribution in [0.1, 0.15) is 10.4 Å². The van der Waals surface area contributed by atoms with Crippen molar-refractivity contribution < 1.29 is 9.72 Å². The van der Waals surface area contributed by atoms with E-state index < -0.39 is 10.8 Å². The largest absolute Gasteiger partial charge is 0.305 e. The Kier molecular flexibility index (Phi) is 4.56. The zero-order valence-electron chi connectivity index (χ0n) is 10.0. The molecular formula is C11H5Cl3N4O3. The average molecular weight is 348 g/mol. The quantitative estimate of drug-likeness (QED) is 0.519. The lowest BCUT2D eigenvalue weighted by Crippen LogP contribution is -2.14. The molecule has 7 nitrogen and oxygen atoms in total. The summed E-state index contributed by atoms with van der Waals surface area (Å²) in [5, 5.41) is 13.1. The van der Waals surface area contributed by atoms with Crippen molar-refractivity contribution in [1.29, 1.82) is 0 Å². The van der Waals surface area contributed by atoms with Crippen LogP contribution >= 0.6 is 34.8 Å². The number of hydrogen-bond acceptors (Lipinski definition) is 5. The number of nitrogens with zero attached hydrogens (tertiary/aromatic N) is 3. The van der Waals surface area contributed by atoms with Crippen LogP contribution in [0.3, 0.4) is 0 Å². The molecule has 1 N–H and O–H groups in total. The van der Waals surface area contributed by atoms with E-state index in [1.165, 1.54) is 6.07 Å². The Hall–Kier alpha value is -1.96. The van der Waals surface area contributed by atoms with E-state index in [4.69, 9.17) is 34.8 Å². The molecule has 1 aromatic heterocycles. The van der Waals surface area contributed by atoms with E-state index in [-0.39, 0.29) is 32.3 Å². The molecule has 0 atom stereocenters. The Morgan fingerprint density at radius 2 is 1.90 bits per heavy atom. The first-order valence-electron chi connectivity index (χ1n) is 5.31. The van der Waals surface area contributed by atoms with Gasteiger partial charge in [-0.25, -0.2) is 9.97 Å². The highest BCUT2D eigenvalue weighted by Crippen LogP contribution is 2.26. The number of carbonyl (C=O) groups excluding carboxylic acids is 1. The van der Waals surface area contributed by atoms with Crippen LogP contribution in [0.15, 0.2) is 24.5 Å². The SMILES string of the molecule is O=C(Nc1ncnc(Cl)c1Cl)c1cc(Cl)cc([N+](=O)[O-])c1. The number of amides is 1. The van der Waals surface area contributed by atoms with Gasteiger partial charge in [0.2, 0.25) is 0 Å².